The van der Waals surface area contributed by atoms with Crippen LogP contribution in [0, 0.1) is 5.92 Å². The van der Waals surface area contributed by atoms with Gasteiger partial charge >= 0.3 is 5.76 Å². The summed E-state index contributed by atoms with van der Waals surface area (Å²) in [5.41, 5.74) is 7.57. The molecular formula is C17H21N3O4. The molecule has 7 heteroatoms. The number of carbonyl (C=O) groups is 2. The van der Waals surface area contributed by atoms with E-state index in [-0.39, 0.29) is 17.7 Å². The molecule has 24 heavy (non-hydrogen) atoms. The zero-order valence-corrected chi connectivity index (χ0v) is 13.7. The average molecular weight is 331 g/mol. The van der Waals surface area contributed by atoms with Crippen molar-refractivity contribution in [3.63, 3.8) is 0 Å². The first-order valence-electron chi connectivity index (χ1n) is 8.11. The second-order valence-corrected chi connectivity index (χ2v) is 6.29. The molecule has 2 N–H and O–H groups in total. The van der Waals surface area contributed by atoms with Crippen LogP contribution < -0.4 is 11.5 Å². The fourth-order valence-corrected chi connectivity index (χ4v) is 3.15. The van der Waals surface area contributed by atoms with Gasteiger partial charge in [-0.3, -0.25) is 14.2 Å². The van der Waals surface area contributed by atoms with E-state index in [2.05, 4.69) is 0 Å². The van der Waals surface area contributed by atoms with E-state index >= 15 is 0 Å². The number of aryl methyl sites for hydroxylation is 2. The Morgan fingerprint density at radius 3 is 2.67 bits per heavy atom. The number of hydrogen-bond donors (Lipinski definition) is 1. The summed E-state index contributed by atoms with van der Waals surface area (Å²) in [4.78, 5) is 36.8. The first-order valence-corrected chi connectivity index (χ1v) is 8.11. The molecule has 0 unspecified atom stereocenters. The van der Waals surface area contributed by atoms with Gasteiger partial charge in [0.15, 0.2) is 5.58 Å². The van der Waals surface area contributed by atoms with E-state index in [0.717, 1.165) is 11.1 Å². The number of piperidine rings is 1. The molecule has 0 spiro atoms. The molecule has 1 aromatic carbocycles. The van der Waals surface area contributed by atoms with Gasteiger partial charge in [-0.2, -0.15) is 0 Å². The number of benzene rings is 1. The van der Waals surface area contributed by atoms with Crippen LogP contribution >= 0.6 is 0 Å². The Labute approximate surface area is 139 Å². The Kier molecular flexibility index (Phi) is 4.42. The fraction of sp³-hybridized carbons (Fsp3) is 0.471. The van der Waals surface area contributed by atoms with Crippen LogP contribution in [-0.2, 0) is 23.1 Å². The molecule has 1 aliphatic rings. The molecule has 1 aliphatic heterocycles. The average Bonchev–Trinajstić information content (AvgIpc) is 2.87. The van der Waals surface area contributed by atoms with E-state index in [1.807, 2.05) is 12.1 Å². The standard InChI is InChI=1S/C17H21N3O4/c1-19-13-10-11(2-4-14(13)24-17(19)23)3-5-15(21)20-8-6-12(7-9-20)16(18)22/h2,4,10,12H,3,5-9H2,1H3,(H2,18,22). The molecule has 1 fully saturated rings. The van der Waals surface area contributed by atoms with Gasteiger partial charge < -0.3 is 15.1 Å². The summed E-state index contributed by atoms with van der Waals surface area (Å²) < 4.78 is 6.55. The van der Waals surface area contributed by atoms with E-state index in [0.29, 0.717) is 44.4 Å². The molecule has 0 bridgehead atoms. The Morgan fingerprint density at radius 2 is 2.00 bits per heavy atom. The minimum Gasteiger partial charge on any atom is -0.408 e. The highest BCUT2D eigenvalue weighted by molar-refractivity contribution is 5.79. The van der Waals surface area contributed by atoms with Gasteiger partial charge in [0, 0.05) is 32.5 Å². The van der Waals surface area contributed by atoms with Crippen LogP contribution in [0.3, 0.4) is 0 Å². The van der Waals surface area contributed by atoms with Crippen molar-refractivity contribution < 1.29 is 14.0 Å². The normalized spacial score (nSPS) is 15.8. The predicted octanol–water partition coefficient (Wildman–Crippen LogP) is 0.788. The third-order valence-electron chi connectivity index (χ3n) is 4.73. The summed E-state index contributed by atoms with van der Waals surface area (Å²) in [5, 5.41) is 0. The summed E-state index contributed by atoms with van der Waals surface area (Å²) in [6.45, 7) is 1.17. The fourth-order valence-electron chi connectivity index (χ4n) is 3.15. The molecular weight excluding hydrogens is 310 g/mol. The van der Waals surface area contributed by atoms with E-state index in [1.165, 1.54) is 4.57 Å². The van der Waals surface area contributed by atoms with Crippen molar-refractivity contribution in [2.75, 3.05) is 13.1 Å². The third-order valence-corrected chi connectivity index (χ3v) is 4.73. The van der Waals surface area contributed by atoms with Gasteiger partial charge in [0.05, 0.1) is 5.52 Å². The zero-order valence-electron chi connectivity index (χ0n) is 13.7. The van der Waals surface area contributed by atoms with Gasteiger partial charge in [-0.25, -0.2) is 4.79 Å². The van der Waals surface area contributed by atoms with Crippen molar-refractivity contribution in [3.8, 4) is 0 Å². The van der Waals surface area contributed by atoms with Gasteiger partial charge in [-0.1, -0.05) is 6.07 Å². The lowest BCUT2D eigenvalue weighted by Crippen LogP contribution is -2.41. The summed E-state index contributed by atoms with van der Waals surface area (Å²) in [6.07, 6.45) is 2.29. The van der Waals surface area contributed by atoms with Crippen LogP contribution in [0.4, 0.5) is 0 Å². The van der Waals surface area contributed by atoms with Crippen molar-refractivity contribution in [2.45, 2.75) is 25.7 Å². The molecule has 2 heterocycles. The van der Waals surface area contributed by atoms with Gasteiger partial charge in [0.25, 0.3) is 0 Å². The summed E-state index contributed by atoms with van der Waals surface area (Å²) in [7, 11) is 1.66. The number of aromatic nitrogens is 1. The highest BCUT2D eigenvalue weighted by Gasteiger charge is 2.25. The minimum absolute atomic E-state index is 0.0825. The van der Waals surface area contributed by atoms with E-state index in [4.69, 9.17) is 10.2 Å². The second kappa shape index (κ2) is 6.51. The number of rotatable bonds is 4. The Balaban J connectivity index is 1.59. The topological polar surface area (TPSA) is 98.5 Å². The zero-order chi connectivity index (χ0) is 17.3. The number of hydrogen-bond acceptors (Lipinski definition) is 4. The molecule has 2 amide bonds. The predicted molar refractivity (Wildman–Crippen MR) is 88.3 cm³/mol. The van der Waals surface area contributed by atoms with Gasteiger partial charge in [0.2, 0.25) is 11.8 Å². The van der Waals surface area contributed by atoms with E-state index in [1.54, 1.807) is 18.0 Å². The number of amides is 2. The molecule has 1 saturated heterocycles. The summed E-state index contributed by atoms with van der Waals surface area (Å²) in [6, 6.07) is 5.51. The number of nitrogens with zero attached hydrogens (tertiary/aromatic N) is 2. The number of likely N-dealkylation sites (tertiary alicyclic amines) is 1. The third kappa shape index (κ3) is 3.20. The van der Waals surface area contributed by atoms with Crippen LogP contribution in [0.5, 0.6) is 0 Å². The van der Waals surface area contributed by atoms with Crippen molar-refractivity contribution in [3.05, 3.63) is 34.3 Å². The van der Waals surface area contributed by atoms with E-state index < -0.39 is 5.76 Å². The number of carbonyl (C=O) groups excluding carboxylic acids is 2. The molecule has 128 valence electrons. The molecule has 0 atom stereocenters. The second-order valence-electron chi connectivity index (χ2n) is 6.29. The minimum atomic E-state index is -0.393. The monoisotopic (exact) mass is 331 g/mol. The Bertz CT molecular complexity index is 828. The maximum Gasteiger partial charge on any atom is 0.419 e. The van der Waals surface area contributed by atoms with Crippen LogP contribution in [0.2, 0.25) is 0 Å². The van der Waals surface area contributed by atoms with Crippen LogP contribution in [0.1, 0.15) is 24.8 Å². The lowest BCUT2D eigenvalue weighted by Gasteiger charge is -2.30. The molecule has 7 nitrogen and oxygen atoms in total. The van der Waals surface area contributed by atoms with Crippen LogP contribution in [-0.4, -0.2) is 34.4 Å². The van der Waals surface area contributed by atoms with Crippen molar-refractivity contribution in [1.29, 1.82) is 0 Å². The first-order chi connectivity index (χ1) is 11.5. The lowest BCUT2D eigenvalue weighted by atomic mass is 9.96. The quantitative estimate of drug-likeness (QED) is 0.895. The highest BCUT2D eigenvalue weighted by atomic mass is 16.4. The van der Waals surface area contributed by atoms with Gasteiger partial charge in [0.1, 0.15) is 0 Å². The maximum atomic E-state index is 12.3. The molecule has 0 radical (unpaired) electrons. The summed E-state index contributed by atoms with van der Waals surface area (Å²) >= 11 is 0. The number of fused-ring (bicyclic) bond motifs is 1. The first kappa shape index (κ1) is 16.3. The largest absolute Gasteiger partial charge is 0.419 e. The van der Waals surface area contributed by atoms with Crippen LogP contribution in [0.15, 0.2) is 27.4 Å². The summed E-state index contributed by atoms with van der Waals surface area (Å²) in [5.74, 6) is -0.699. The van der Waals surface area contributed by atoms with Crippen molar-refractivity contribution in [1.82, 2.24) is 9.47 Å². The number of nitrogens with two attached hydrogens (primary N) is 1. The number of oxazole rings is 1. The maximum absolute atomic E-state index is 12.3. The van der Waals surface area contributed by atoms with E-state index in [9.17, 15) is 14.4 Å². The SMILES string of the molecule is Cn1c(=O)oc2ccc(CCC(=O)N3CCC(C(N)=O)CC3)cc21. The molecule has 0 saturated carbocycles. The smallest absolute Gasteiger partial charge is 0.408 e. The lowest BCUT2D eigenvalue weighted by molar-refractivity contribution is -0.134. The molecule has 3 rings (SSSR count). The Morgan fingerprint density at radius 1 is 1.29 bits per heavy atom. The van der Waals surface area contributed by atoms with Gasteiger partial charge in [-0.15, -0.1) is 0 Å². The Hall–Kier alpha value is -2.57. The molecule has 1 aromatic heterocycles. The van der Waals surface area contributed by atoms with Crippen LogP contribution in [0.25, 0.3) is 11.1 Å². The number of primary amides is 1. The van der Waals surface area contributed by atoms with Gasteiger partial charge in [-0.05, 0) is 37.0 Å². The van der Waals surface area contributed by atoms with Crippen molar-refractivity contribution in [2.24, 2.45) is 18.7 Å². The van der Waals surface area contributed by atoms with Crippen molar-refractivity contribution >= 4 is 22.9 Å². The molecule has 0 aliphatic carbocycles. The highest BCUT2D eigenvalue weighted by Crippen LogP contribution is 2.19. The molecule has 2 aromatic rings.